The quantitative estimate of drug-likeness (QED) is 0.670. The van der Waals surface area contributed by atoms with Gasteiger partial charge in [-0.25, -0.2) is 9.48 Å². The Morgan fingerprint density at radius 2 is 2.05 bits per heavy atom. The lowest BCUT2D eigenvalue weighted by Crippen LogP contribution is -2.00. The van der Waals surface area contributed by atoms with E-state index in [1.54, 1.807) is 21.0 Å². The topological polar surface area (TPSA) is 113 Å². The second kappa shape index (κ2) is 5.11. The lowest BCUT2D eigenvalue weighted by Gasteiger charge is -1.98. The first kappa shape index (κ1) is 13.7. The van der Waals surface area contributed by atoms with Crippen molar-refractivity contribution in [2.24, 2.45) is 24.3 Å². The van der Waals surface area contributed by atoms with Gasteiger partial charge in [-0.15, -0.1) is 10.2 Å². The van der Waals surface area contributed by atoms with Crippen LogP contribution < -0.4 is 5.73 Å². The minimum atomic E-state index is -0.525. The van der Waals surface area contributed by atoms with Gasteiger partial charge in [0.2, 0.25) is 0 Å². The molecule has 2 aromatic rings. The minimum Gasteiger partial charge on any atom is -0.465 e. The molecule has 2 rings (SSSR count). The van der Waals surface area contributed by atoms with Gasteiger partial charge in [0, 0.05) is 14.1 Å². The van der Waals surface area contributed by atoms with Crippen LogP contribution in [0, 0.1) is 6.92 Å². The van der Waals surface area contributed by atoms with Crippen LogP contribution >= 0.6 is 0 Å². The first-order valence-electron chi connectivity index (χ1n) is 5.76. The van der Waals surface area contributed by atoms with E-state index in [1.807, 2.05) is 0 Å². The third kappa shape index (κ3) is 2.25. The standard InChI is InChI=1S/C11H15N7O2/c1-6-8(9(12)17(2)16-6)14-15-10-7(11(19)20-4)5-13-18(10)3/h5H,12H2,1-4H3. The molecule has 2 N–H and O–H groups in total. The zero-order chi connectivity index (χ0) is 14.9. The summed E-state index contributed by atoms with van der Waals surface area (Å²) in [6, 6.07) is 0. The highest BCUT2D eigenvalue weighted by Crippen LogP contribution is 2.28. The van der Waals surface area contributed by atoms with Gasteiger partial charge in [0.15, 0.2) is 11.5 Å². The van der Waals surface area contributed by atoms with Crippen molar-refractivity contribution in [2.45, 2.75) is 6.92 Å². The Kier molecular flexibility index (Phi) is 3.51. The molecule has 0 fully saturated rings. The highest BCUT2D eigenvalue weighted by molar-refractivity contribution is 5.93. The van der Waals surface area contributed by atoms with Crippen LogP contribution in [-0.2, 0) is 18.8 Å². The molecule has 0 aliphatic carbocycles. The van der Waals surface area contributed by atoms with Crippen LogP contribution in [0.5, 0.6) is 0 Å². The van der Waals surface area contributed by atoms with Gasteiger partial charge in [-0.2, -0.15) is 10.2 Å². The number of ether oxygens (including phenoxy) is 1. The molecular formula is C11H15N7O2. The lowest BCUT2D eigenvalue weighted by atomic mass is 10.3. The number of esters is 1. The third-order valence-corrected chi connectivity index (χ3v) is 2.79. The van der Waals surface area contributed by atoms with Gasteiger partial charge < -0.3 is 10.5 Å². The molecule has 0 unspecified atom stereocenters. The summed E-state index contributed by atoms with van der Waals surface area (Å²) in [7, 11) is 4.66. The Bertz CT molecular complexity index is 683. The Balaban J connectivity index is 2.41. The van der Waals surface area contributed by atoms with Gasteiger partial charge in [-0.1, -0.05) is 0 Å². The number of nitrogens with zero attached hydrogens (tertiary/aromatic N) is 6. The van der Waals surface area contributed by atoms with E-state index in [1.165, 1.54) is 22.7 Å². The first-order chi connectivity index (χ1) is 9.45. The molecule has 0 aromatic carbocycles. The van der Waals surface area contributed by atoms with E-state index in [0.29, 0.717) is 23.0 Å². The normalized spacial score (nSPS) is 11.2. The van der Waals surface area contributed by atoms with Crippen molar-refractivity contribution >= 4 is 23.3 Å². The van der Waals surface area contributed by atoms with E-state index in [-0.39, 0.29) is 5.56 Å². The monoisotopic (exact) mass is 277 g/mol. The lowest BCUT2D eigenvalue weighted by molar-refractivity contribution is 0.0601. The Labute approximate surface area is 115 Å². The molecule has 0 bridgehead atoms. The molecule has 106 valence electrons. The maximum Gasteiger partial charge on any atom is 0.343 e. The van der Waals surface area contributed by atoms with E-state index in [0.717, 1.165) is 0 Å². The summed E-state index contributed by atoms with van der Waals surface area (Å²) in [5, 5.41) is 16.2. The molecular weight excluding hydrogens is 262 g/mol. The van der Waals surface area contributed by atoms with Crippen molar-refractivity contribution in [1.29, 1.82) is 0 Å². The van der Waals surface area contributed by atoms with Crippen molar-refractivity contribution in [3.63, 3.8) is 0 Å². The molecule has 20 heavy (non-hydrogen) atoms. The van der Waals surface area contributed by atoms with E-state index in [9.17, 15) is 4.79 Å². The average molecular weight is 277 g/mol. The number of hydrogen-bond acceptors (Lipinski definition) is 7. The number of methoxy groups -OCH3 is 1. The van der Waals surface area contributed by atoms with Gasteiger partial charge in [0.1, 0.15) is 11.4 Å². The second-order valence-electron chi connectivity index (χ2n) is 4.14. The molecule has 0 aliphatic rings. The van der Waals surface area contributed by atoms with Crippen LogP contribution in [0.25, 0.3) is 0 Å². The number of aryl methyl sites for hydroxylation is 3. The number of nitrogen functional groups attached to an aromatic ring is 1. The predicted molar refractivity (Wildman–Crippen MR) is 71.1 cm³/mol. The average Bonchev–Trinajstić information content (AvgIpc) is 2.89. The molecule has 0 aliphatic heterocycles. The summed E-state index contributed by atoms with van der Waals surface area (Å²) >= 11 is 0. The van der Waals surface area contributed by atoms with Gasteiger partial charge in [-0.05, 0) is 6.92 Å². The fraction of sp³-hybridized carbons (Fsp3) is 0.364. The Morgan fingerprint density at radius 1 is 1.35 bits per heavy atom. The van der Waals surface area contributed by atoms with Crippen LogP contribution in [0.3, 0.4) is 0 Å². The zero-order valence-electron chi connectivity index (χ0n) is 11.7. The molecule has 2 heterocycles. The number of azo groups is 1. The number of nitrogens with two attached hydrogens (primary N) is 1. The smallest absolute Gasteiger partial charge is 0.343 e. The number of carbonyl (C=O) groups excluding carboxylic acids is 1. The number of hydrogen-bond donors (Lipinski definition) is 1. The van der Waals surface area contributed by atoms with E-state index in [2.05, 4.69) is 25.2 Å². The number of carbonyl (C=O) groups is 1. The fourth-order valence-electron chi connectivity index (χ4n) is 1.69. The molecule has 0 atom stereocenters. The summed E-state index contributed by atoms with van der Waals surface area (Å²) in [6.45, 7) is 1.77. The maximum atomic E-state index is 11.6. The number of anilines is 1. The molecule has 0 radical (unpaired) electrons. The van der Waals surface area contributed by atoms with Crippen molar-refractivity contribution < 1.29 is 9.53 Å². The van der Waals surface area contributed by atoms with Crippen LogP contribution in [-0.4, -0.2) is 32.6 Å². The number of aromatic nitrogens is 4. The molecule has 0 saturated carbocycles. The highest BCUT2D eigenvalue weighted by atomic mass is 16.5. The van der Waals surface area contributed by atoms with Crippen LogP contribution in [0.1, 0.15) is 16.1 Å². The van der Waals surface area contributed by atoms with Crippen LogP contribution in [0.4, 0.5) is 17.3 Å². The summed E-state index contributed by atoms with van der Waals surface area (Å²) < 4.78 is 7.60. The Morgan fingerprint density at radius 3 is 2.60 bits per heavy atom. The molecule has 0 spiro atoms. The first-order valence-corrected chi connectivity index (χ1v) is 5.76. The zero-order valence-corrected chi connectivity index (χ0v) is 11.7. The second-order valence-corrected chi connectivity index (χ2v) is 4.14. The van der Waals surface area contributed by atoms with Crippen molar-refractivity contribution in [3.8, 4) is 0 Å². The summed E-state index contributed by atoms with van der Waals surface area (Å²) in [5.41, 5.74) is 7.18. The van der Waals surface area contributed by atoms with Gasteiger partial charge in [-0.3, -0.25) is 4.68 Å². The number of rotatable bonds is 3. The minimum absolute atomic E-state index is 0.235. The molecule has 2 aromatic heterocycles. The fourth-order valence-corrected chi connectivity index (χ4v) is 1.69. The van der Waals surface area contributed by atoms with Gasteiger partial charge in [0.05, 0.1) is 19.0 Å². The SMILES string of the molecule is COC(=O)c1cnn(C)c1N=Nc1c(C)nn(C)c1N. The largest absolute Gasteiger partial charge is 0.465 e. The Hall–Kier alpha value is -2.71. The van der Waals surface area contributed by atoms with Crippen LogP contribution in [0.2, 0.25) is 0 Å². The summed E-state index contributed by atoms with van der Waals surface area (Å²) in [5.74, 6) is 0.162. The van der Waals surface area contributed by atoms with Crippen LogP contribution in [0.15, 0.2) is 16.4 Å². The third-order valence-electron chi connectivity index (χ3n) is 2.79. The molecule has 9 heteroatoms. The summed E-state index contributed by atoms with van der Waals surface area (Å²) in [6.07, 6.45) is 1.37. The predicted octanol–water partition coefficient (Wildman–Crippen LogP) is 1.25. The van der Waals surface area contributed by atoms with Crippen molar-refractivity contribution in [1.82, 2.24) is 19.6 Å². The molecule has 0 saturated heterocycles. The van der Waals surface area contributed by atoms with E-state index >= 15 is 0 Å². The maximum absolute atomic E-state index is 11.6. The van der Waals surface area contributed by atoms with Crippen molar-refractivity contribution in [3.05, 3.63) is 17.5 Å². The van der Waals surface area contributed by atoms with E-state index < -0.39 is 5.97 Å². The molecule has 9 nitrogen and oxygen atoms in total. The van der Waals surface area contributed by atoms with Crippen molar-refractivity contribution in [2.75, 3.05) is 12.8 Å². The van der Waals surface area contributed by atoms with Gasteiger partial charge in [0.25, 0.3) is 0 Å². The summed E-state index contributed by atoms with van der Waals surface area (Å²) in [4.78, 5) is 11.6. The van der Waals surface area contributed by atoms with Gasteiger partial charge >= 0.3 is 5.97 Å². The molecule has 0 amide bonds. The van der Waals surface area contributed by atoms with E-state index in [4.69, 9.17) is 5.73 Å². The highest BCUT2D eigenvalue weighted by Gasteiger charge is 2.17.